The molecule has 0 unspecified atom stereocenters. The number of anilines is 1. The van der Waals surface area contributed by atoms with Crippen molar-refractivity contribution in [1.82, 2.24) is 4.90 Å². The van der Waals surface area contributed by atoms with Crippen LogP contribution in [-0.4, -0.2) is 45.2 Å². The number of carbonyl (C=O) groups is 3. The molecule has 1 fully saturated rings. The quantitative estimate of drug-likeness (QED) is 0.615. The lowest BCUT2D eigenvalue weighted by Gasteiger charge is -2.22. The minimum atomic E-state index is -1.09. The van der Waals surface area contributed by atoms with Gasteiger partial charge in [-0.3, -0.25) is 14.5 Å². The van der Waals surface area contributed by atoms with Gasteiger partial charge in [-0.1, -0.05) is 61.9 Å². The first-order chi connectivity index (χ1) is 12.4. The Balaban J connectivity index is 2.05. The van der Waals surface area contributed by atoms with E-state index in [-0.39, 0.29) is 15.1 Å². The van der Waals surface area contributed by atoms with Crippen molar-refractivity contribution < 1.29 is 19.5 Å². The summed E-state index contributed by atoms with van der Waals surface area (Å²) in [5.41, 5.74) is 1.68. The lowest BCUT2D eigenvalue weighted by Crippen LogP contribution is -2.44. The zero-order valence-electron chi connectivity index (χ0n) is 14.4. The maximum absolute atomic E-state index is 13.0. The molecule has 1 atom stereocenters. The Hall–Kier alpha value is -2.19. The molecule has 1 aromatic carbocycles. The molecule has 1 N–H and O–H groups in total. The third-order valence-corrected chi connectivity index (χ3v) is 5.91. The summed E-state index contributed by atoms with van der Waals surface area (Å²) in [4.78, 5) is 40.2. The van der Waals surface area contributed by atoms with Crippen molar-refractivity contribution in [3.8, 4) is 0 Å². The molecule has 0 bridgehead atoms. The van der Waals surface area contributed by atoms with E-state index in [1.54, 1.807) is 19.2 Å². The molecule has 26 heavy (non-hydrogen) atoms. The minimum Gasteiger partial charge on any atom is -0.480 e. The van der Waals surface area contributed by atoms with E-state index >= 15 is 0 Å². The number of hydrogen-bond acceptors (Lipinski definition) is 5. The number of thioether (sulfide) groups is 1. The van der Waals surface area contributed by atoms with Gasteiger partial charge in [0, 0.05) is 12.6 Å². The van der Waals surface area contributed by atoms with Gasteiger partial charge in [-0.25, -0.2) is 4.79 Å². The van der Waals surface area contributed by atoms with Crippen LogP contribution in [0.2, 0.25) is 0 Å². The van der Waals surface area contributed by atoms with Crippen LogP contribution >= 0.6 is 24.0 Å². The predicted molar refractivity (Wildman–Crippen MR) is 105 cm³/mol. The Morgan fingerprint density at radius 2 is 1.96 bits per heavy atom. The molecule has 6 nitrogen and oxygen atoms in total. The normalized spacial score (nSPS) is 20.8. The maximum atomic E-state index is 13.0. The van der Waals surface area contributed by atoms with Crippen molar-refractivity contribution in [2.45, 2.75) is 32.2 Å². The highest BCUT2D eigenvalue weighted by molar-refractivity contribution is 8.26. The Bertz CT molecular complexity index is 849. The fourth-order valence-electron chi connectivity index (χ4n) is 3.15. The lowest BCUT2D eigenvalue weighted by molar-refractivity contribution is -0.145. The van der Waals surface area contributed by atoms with Crippen LogP contribution in [0.1, 0.15) is 31.7 Å². The van der Waals surface area contributed by atoms with E-state index in [9.17, 15) is 19.5 Å². The summed E-state index contributed by atoms with van der Waals surface area (Å²) in [5, 5.41) is 9.55. The second-order valence-corrected chi connectivity index (χ2v) is 7.77. The van der Waals surface area contributed by atoms with Crippen LogP contribution in [0.15, 0.2) is 29.2 Å². The smallest absolute Gasteiger partial charge is 0.326 e. The summed E-state index contributed by atoms with van der Waals surface area (Å²) in [6, 6.07) is 6.20. The minimum absolute atomic E-state index is 0.181. The number of amides is 2. The highest BCUT2D eigenvalue weighted by Gasteiger charge is 2.44. The van der Waals surface area contributed by atoms with Crippen LogP contribution in [0.25, 0.3) is 5.57 Å². The molecule has 3 rings (SSSR count). The monoisotopic (exact) mass is 390 g/mol. The van der Waals surface area contributed by atoms with E-state index in [1.165, 1.54) is 4.90 Å². The standard InChI is InChI=1S/C18H18N2O4S2/c1-3-4-8-12(17(23)24)20-16(22)14(26-18(20)25)13-10-7-5-6-9-11(10)19(2)15(13)21/h5-7,9,12H,3-4,8H2,1-2H3,(H,23,24)/b14-13-/t12-/m0/s1. The van der Waals surface area contributed by atoms with Gasteiger partial charge in [0.05, 0.1) is 16.2 Å². The summed E-state index contributed by atoms with van der Waals surface area (Å²) in [6.07, 6.45) is 1.81. The Kier molecular flexibility index (Phi) is 5.15. The molecule has 0 aromatic heterocycles. The number of likely N-dealkylation sites (N-methyl/N-ethyl adjacent to an activating group) is 1. The average molecular weight is 390 g/mol. The Labute approximate surface area is 160 Å². The van der Waals surface area contributed by atoms with Crippen LogP contribution in [0.3, 0.4) is 0 Å². The SMILES string of the molecule is CCCC[C@@H](C(=O)O)N1C(=O)/C(=C2/C(=O)N(C)c3ccccc32)SC1=S. The molecule has 0 spiro atoms. The number of rotatable bonds is 5. The number of benzene rings is 1. The molecule has 2 aliphatic rings. The van der Waals surface area contributed by atoms with Crippen molar-refractivity contribution in [2.75, 3.05) is 11.9 Å². The Morgan fingerprint density at radius 1 is 1.27 bits per heavy atom. The van der Waals surface area contributed by atoms with Gasteiger partial charge in [0.1, 0.15) is 10.4 Å². The largest absolute Gasteiger partial charge is 0.480 e. The van der Waals surface area contributed by atoms with Crippen LogP contribution in [0.5, 0.6) is 0 Å². The van der Waals surface area contributed by atoms with Crippen molar-refractivity contribution >= 4 is 57.3 Å². The maximum Gasteiger partial charge on any atom is 0.326 e. The average Bonchev–Trinajstić information content (AvgIpc) is 3.03. The van der Waals surface area contributed by atoms with E-state index in [0.29, 0.717) is 24.0 Å². The number of unbranched alkanes of at least 4 members (excludes halogenated alkanes) is 1. The third-order valence-electron chi connectivity index (χ3n) is 4.51. The van der Waals surface area contributed by atoms with Gasteiger partial charge in [0.2, 0.25) is 0 Å². The van der Waals surface area contributed by atoms with E-state index in [2.05, 4.69) is 0 Å². The number of hydrogen-bond donors (Lipinski definition) is 1. The van der Waals surface area contributed by atoms with Gasteiger partial charge in [0.25, 0.3) is 11.8 Å². The number of carboxylic acid groups (broad SMARTS) is 1. The molecule has 0 aliphatic carbocycles. The van der Waals surface area contributed by atoms with Gasteiger partial charge >= 0.3 is 5.97 Å². The van der Waals surface area contributed by atoms with Crippen molar-refractivity contribution in [2.24, 2.45) is 0 Å². The van der Waals surface area contributed by atoms with Gasteiger partial charge < -0.3 is 10.0 Å². The zero-order valence-corrected chi connectivity index (χ0v) is 16.0. The zero-order chi connectivity index (χ0) is 19.0. The highest BCUT2D eigenvalue weighted by Crippen LogP contribution is 2.44. The first kappa shape index (κ1) is 18.6. The van der Waals surface area contributed by atoms with Crippen LogP contribution in [0.4, 0.5) is 5.69 Å². The van der Waals surface area contributed by atoms with Crippen molar-refractivity contribution in [1.29, 1.82) is 0 Å². The predicted octanol–water partition coefficient (Wildman–Crippen LogP) is 2.88. The summed E-state index contributed by atoms with van der Waals surface area (Å²) in [7, 11) is 1.65. The molecule has 1 saturated heterocycles. The highest BCUT2D eigenvalue weighted by atomic mass is 32.2. The van der Waals surface area contributed by atoms with Crippen molar-refractivity contribution in [3.63, 3.8) is 0 Å². The van der Waals surface area contributed by atoms with Gasteiger partial charge in [-0.05, 0) is 12.5 Å². The molecule has 1 aromatic rings. The Morgan fingerprint density at radius 3 is 2.62 bits per heavy atom. The number of carboxylic acids is 1. The molecule has 2 heterocycles. The van der Waals surface area contributed by atoms with E-state index in [4.69, 9.17) is 12.2 Å². The fraction of sp³-hybridized carbons (Fsp3) is 0.333. The topological polar surface area (TPSA) is 77.9 Å². The molecule has 136 valence electrons. The van der Waals surface area contributed by atoms with Crippen LogP contribution in [0, 0.1) is 0 Å². The molecule has 2 aliphatic heterocycles. The first-order valence-electron chi connectivity index (χ1n) is 8.28. The molecular formula is C18H18N2O4S2. The second-order valence-electron chi connectivity index (χ2n) is 6.12. The number of fused-ring (bicyclic) bond motifs is 1. The van der Waals surface area contributed by atoms with Crippen molar-refractivity contribution in [3.05, 3.63) is 34.7 Å². The van der Waals surface area contributed by atoms with Crippen LogP contribution < -0.4 is 4.90 Å². The van der Waals surface area contributed by atoms with E-state index in [0.717, 1.165) is 28.8 Å². The van der Waals surface area contributed by atoms with Crippen LogP contribution in [-0.2, 0) is 14.4 Å². The molecular weight excluding hydrogens is 372 g/mol. The molecule has 2 amide bonds. The number of para-hydroxylation sites is 1. The lowest BCUT2D eigenvalue weighted by atomic mass is 10.1. The van der Waals surface area contributed by atoms with E-state index < -0.39 is 17.9 Å². The summed E-state index contributed by atoms with van der Waals surface area (Å²) in [5.74, 6) is -1.87. The molecule has 8 heteroatoms. The summed E-state index contributed by atoms with van der Waals surface area (Å²) >= 11 is 6.29. The van der Waals surface area contributed by atoms with E-state index in [1.807, 2.05) is 19.1 Å². The first-order valence-corrected chi connectivity index (χ1v) is 9.50. The number of carbonyl (C=O) groups excluding carboxylic acids is 2. The number of nitrogens with zero attached hydrogens (tertiary/aromatic N) is 2. The fourth-order valence-corrected chi connectivity index (χ4v) is 4.58. The molecule has 0 radical (unpaired) electrons. The second kappa shape index (κ2) is 7.20. The van der Waals surface area contributed by atoms with Gasteiger partial charge in [-0.2, -0.15) is 0 Å². The van der Waals surface area contributed by atoms with Gasteiger partial charge in [-0.15, -0.1) is 0 Å². The number of thiocarbonyl (C=S) groups is 1. The van der Waals surface area contributed by atoms with Gasteiger partial charge in [0.15, 0.2) is 0 Å². The molecule has 0 saturated carbocycles. The number of aliphatic carboxylic acids is 1. The third kappa shape index (κ3) is 2.93. The summed E-state index contributed by atoms with van der Waals surface area (Å²) < 4.78 is 0.181. The summed E-state index contributed by atoms with van der Waals surface area (Å²) in [6.45, 7) is 1.95.